The van der Waals surface area contributed by atoms with E-state index in [4.69, 9.17) is 5.73 Å². The summed E-state index contributed by atoms with van der Waals surface area (Å²) < 4.78 is 0. The minimum absolute atomic E-state index is 0.368. The van der Waals surface area contributed by atoms with Crippen molar-refractivity contribution in [1.82, 2.24) is 10.3 Å². The molecule has 1 unspecified atom stereocenters. The molecular weight excluding hydrogens is 234 g/mol. The first-order chi connectivity index (χ1) is 8.97. The molecule has 1 aliphatic rings. The first-order valence-corrected chi connectivity index (χ1v) is 7.43. The molecule has 0 spiro atoms. The van der Waals surface area contributed by atoms with Crippen molar-refractivity contribution in [3.63, 3.8) is 0 Å². The van der Waals surface area contributed by atoms with Gasteiger partial charge in [0.2, 0.25) is 0 Å². The van der Waals surface area contributed by atoms with Crippen LogP contribution in [0.1, 0.15) is 61.2 Å². The van der Waals surface area contributed by atoms with E-state index in [-0.39, 0.29) is 0 Å². The summed E-state index contributed by atoms with van der Waals surface area (Å²) in [4.78, 5) is 4.60. The number of rotatable bonds is 3. The van der Waals surface area contributed by atoms with Crippen LogP contribution >= 0.6 is 0 Å². The van der Waals surface area contributed by atoms with Crippen LogP contribution in [-0.2, 0) is 0 Å². The van der Waals surface area contributed by atoms with Gasteiger partial charge in [-0.25, -0.2) is 0 Å². The van der Waals surface area contributed by atoms with Gasteiger partial charge in [0.25, 0.3) is 0 Å². The molecule has 3 nitrogen and oxygen atoms in total. The van der Waals surface area contributed by atoms with Crippen LogP contribution in [0.5, 0.6) is 0 Å². The van der Waals surface area contributed by atoms with E-state index >= 15 is 0 Å². The fraction of sp³-hybridized carbons (Fsp3) is 0.688. The van der Waals surface area contributed by atoms with Gasteiger partial charge in [-0.1, -0.05) is 0 Å². The van der Waals surface area contributed by atoms with E-state index < -0.39 is 0 Å². The van der Waals surface area contributed by atoms with E-state index in [1.807, 2.05) is 0 Å². The molecule has 0 radical (unpaired) electrons. The van der Waals surface area contributed by atoms with Gasteiger partial charge in [0.15, 0.2) is 0 Å². The van der Waals surface area contributed by atoms with Gasteiger partial charge in [-0.05, 0) is 70.6 Å². The molecule has 0 aliphatic heterocycles. The second-order valence-electron chi connectivity index (χ2n) is 6.08. The zero-order valence-electron chi connectivity index (χ0n) is 12.7. The largest absolute Gasteiger partial charge is 0.328 e. The number of nitrogens with one attached hydrogen (secondary N) is 1. The van der Waals surface area contributed by atoms with Crippen molar-refractivity contribution in [3.05, 3.63) is 28.6 Å². The Kier molecular flexibility index (Phi) is 4.58. The van der Waals surface area contributed by atoms with E-state index in [1.165, 1.54) is 24.0 Å². The van der Waals surface area contributed by atoms with Crippen molar-refractivity contribution >= 4 is 0 Å². The average molecular weight is 261 g/mol. The normalized spacial score (nSPS) is 25.3. The lowest BCUT2D eigenvalue weighted by Gasteiger charge is -2.30. The highest BCUT2D eigenvalue weighted by atomic mass is 15.0. The molecule has 19 heavy (non-hydrogen) atoms. The summed E-state index contributed by atoms with van der Waals surface area (Å²) in [5.74, 6) is 0. The highest BCUT2D eigenvalue weighted by Gasteiger charge is 2.21. The van der Waals surface area contributed by atoms with Crippen molar-refractivity contribution in [2.45, 2.75) is 71.5 Å². The third-order valence-corrected chi connectivity index (χ3v) is 4.27. The van der Waals surface area contributed by atoms with Gasteiger partial charge in [0.1, 0.15) is 0 Å². The zero-order valence-corrected chi connectivity index (χ0v) is 12.7. The van der Waals surface area contributed by atoms with E-state index in [1.54, 1.807) is 0 Å². The van der Waals surface area contributed by atoms with Crippen LogP contribution in [0.15, 0.2) is 6.07 Å². The molecule has 106 valence electrons. The van der Waals surface area contributed by atoms with Crippen LogP contribution in [0.3, 0.4) is 0 Å². The fourth-order valence-corrected chi connectivity index (χ4v) is 3.41. The molecule has 1 aromatic heterocycles. The van der Waals surface area contributed by atoms with E-state index in [9.17, 15) is 0 Å². The molecule has 0 aromatic carbocycles. The Hall–Kier alpha value is -0.930. The van der Waals surface area contributed by atoms with Gasteiger partial charge < -0.3 is 11.1 Å². The summed E-state index contributed by atoms with van der Waals surface area (Å²) in [6, 6.07) is 3.57. The lowest BCUT2D eigenvalue weighted by Crippen LogP contribution is -2.38. The molecule has 1 atom stereocenters. The highest BCUT2D eigenvalue weighted by molar-refractivity contribution is 5.33. The summed E-state index contributed by atoms with van der Waals surface area (Å²) in [5.41, 5.74) is 10.9. The third-order valence-electron chi connectivity index (χ3n) is 4.27. The van der Waals surface area contributed by atoms with E-state index in [0.717, 1.165) is 24.2 Å². The fourth-order valence-electron chi connectivity index (χ4n) is 3.41. The van der Waals surface area contributed by atoms with Gasteiger partial charge in [0.05, 0.1) is 0 Å². The number of aromatic nitrogens is 1. The van der Waals surface area contributed by atoms with Crippen molar-refractivity contribution in [2.24, 2.45) is 5.73 Å². The molecule has 0 amide bonds. The zero-order chi connectivity index (χ0) is 14.0. The third kappa shape index (κ3) is 3.54. The Morgan fingerprint density at radius 2 is 1.84 bits per heavy atom. The summed E-state index contributed by atoms with van der Waals surface area (Å²) >= 11 is 0. The van der Waals surface area contributed by atoms with Gasteiger partial charge in [-0.3, -0.25) is 4.98 Å². The standard InChI is InChI=1S/C16H27N3/c1-10-9-11(2)18-12(3)16(10)13(4)19-15-7-5-14(17)6-8-15/h9,13-15,19H,5-8,17H2,1-4H3. The summed E-state index contributed by atoms with van der Waals surface area (Å²) in [5, 5.41) is 3.76. The van der Waals surface area contributed by atoms with Crippen molar-refractivity contribution in [2.75, 3.05) is 0 Å². The molecule has 3 N–H and O–H groups in total. The van der Waals surface area contributed by atoms with Crippen LogP contribution in [0, 0.1) is 20.8 Å². The van der Waals surface area contributed by atoms with Crippen LogP contribution in [-0.4, -0.2) is 17.1 Å². The number of hydrogen-bond acceptors (Lipinski definition) is 3. The van der Waals surface area contributed by atoms with Gasteiger partial charge in [-0.15, -0.1) is 0 Å². The number of aryl methyl sites for hydroxylation is 3. The monoisotopic (exact) mass is 261 g/mol. The van der Waals surface area contributed by atoms with Crippen LogP contribution < -0.4 is 11.1 Å². The summed E-state index contributed by atoms with van der Waals surface area (Å²) in [6.07, 6.45) is 4.69. The summed E-state index contributed by atoms with van der Waals surface area (Å²) in [7, 11) is 0. The van der Waals surface area contributed by atoms with Crippen LogP contribution in [0.4, 0.5) is 0 Å². The van der Waals surface area contributed by atoms with E-state index in [2.05, 4.69) is 44.1 Å². The molecule has 1 aliphatic carbocycles. The van der Waals surface area contributed by atoms with Crippen LogP contribution in [0.2, 0.25) is 0 Å². The lowest BCUT2D eigenvalue weighted by molar-refractivity contribution is 0.321. The Labute approximate surface area is 117 Å². The number of pyridine rings is 1. The topological polar surface area (TPSA) is 50.9 Å². The second kappa shape index (κ2) is 6.02. The van der Waals surface area contributed by atoms with Gasteiger partial charge >= 0.3 is 0 Å². The lowest BCUT2D eigenvalue weighted by atomic mass is 9.90. The summed E-state index contributed by atoms with van der Waals surface area (Å²) in [6.45, 7) is 8.61. The molecule has 0 bridgehead atoms. The average Bonchev–Trinajstić information content (AvgIpc) is 2.30. The molecule has 1 saturated carbocycles. The van der Waals surface area contributed by atoms with Gasteiger partial charge in [-0.2, -0.15) is 0 Å². The van der Waals surface area contributed by atoms with Crippen molar-refractivity contribution in [3.8, 4) is 0 Å². The van der Waals surface area contributed by atoms with Crippen molar-refractivity contribution in [1.29, 1.82) is 0 Å². The Balaban J connectivity index is 2.06. The Bertz CT molecular complexity index is 411. The molecule has 1 fully saturated rings. The number of nitrogens with zero attached hydrogens (tertiary/aromatic N) is 1. The number of nitrogens with two attached hydrogens (primary N) is 1. The molecular formula is C16H27N3. The first kappa shape index (κ1) is 14.5. The Morgan fingerprint density at radius 1 is 1.21 bits per heavy atom. The molecule has 3 heteroatoms. The van der Waals surface area contributed by atoms with Crippen LogP contribution in [0.25, 0.3) is 0 Å². The maximum Gasteiger partial charge on any atom is 0.0426 e. The maximum atomic E-state index is 5.97. The van der Waals surface area contributed by atoms with Crippen molar-refractivity contribution < 1.29 is 0 Å². The highest BCUT2D eigenvalue weighted by Crippen LogP contribution is 2.24. The molecule has 0 saturated heterocycles. The minimum atomic E-state index is 0.368. The second-order valence-corrected chi connectivity index (χ2v) is 6.08. The molecule has 1 heterocycles. The molecule has 2 rings (SSSR count). The Morgan fingerprint density at radius 3 is 2.42 bits per heavy atom. The minimum Gasteiger partial charge on any atom is -0.328 e. The predicted octanol–water partition coefficient (Wildman–Crippen LogP) is 2.93. The SMILES string of the molecule is Cc1cc(C)c(C(C)NC2CCC(N)CC2)c(C)n1. The quantitative estimate of drug-likeness (QED) is 0.879. The van der Waals surface area contributed by atoms with Gasteiger partial charge in [0, 0.05) is 29.5 Å². The number of hydrogen-bond donors (Lipinski definition) is 2. The first-order valence-electron chi connectivity index (χ1n) is 7.43. The smallest absolute Gasteiger partial charge is 0.0426 e. The van der Waals surface area contributed by atoms with E-state index in [0.29, 0.717) is 18.1 Å². The maximum absolute atomic E-state index is 5.97. The predicted molar refractivity (Wildman–Crippen MR) is 80.2 cm³/mol. The molecule has 1 aromatic rings.